The second kappa shape index (κ2) is 6.41. The average Bonchev–Trinajstić information content (AvgIpc) is 2.82. The van der Waals surface area contributed by atoms with Gasteiger partial charge >= 0.3 is 0 Å². The molecular formula is C17H19FN4OS. The van der Waals surface area contributed by atoms with Gasteiger partial charge in [0.1, 0.15) is 16.5 Å². The fraction of sp³-hybridized carbons (Fsp3) is 0.353. The summed E-state index contributed by atoms with van der Waals surface area (Å²) in [5.41, 5.74) is 1.61. The second-order valence-electron chi connectivity index (χ2n) is 5.96. The van der Waals surface area contributed by atoms with E-state index in [1.54, 1.807) is 6.20 Å². The molecule has 7 heteroatoms. The quantitative estimate of drug-likeness (QED) is 0.758. The first-order valence-corrected chi connectivity index (χ1v) is 8.55. The predicted octanol–water partition coefficient (Wildman–Crippen LogP) is 3.55. The molecule has 0 aromatic carbocycles. The molecule has 0 aliphatic heterocycles. The van der Waals surface area contributed by atoms with Gasteiger partial charge in [-0.05, 0) is 44.9 Å². The summed E-state index contributed by atoms with van der Waals surface area (Å²) in [5.74, 6) is 0.205. The van der Waals surface area contributed by atoms with Crippen LogP contribution in [-0.4, -0.2) is 15.0 Å². The first kappa shape index (κ1) is 16.7. The Morgan fingerprint density at radius 2 is 2.00 bits per heavy atom. The van der Waals surface area contributed by atoms with Crippen LogP contribution in [-0.2, 0) is 0 Å². The Morgan fingerprint density at radius 1 is 1.25 bits per heavy atom. The third-order valence-electron chi connectivity index (χ3n) is 4.19. The van der Waals surface area contributed by atoms with Gasteiger partial charge in [-0.1, -0.05) is 0 Å². The van der Waals surface area contributed by atoms with Crippen LogP contribution in [0.5, 0.6) is 0 Å². The lowest BCUT2D eigenvalue weighted by atomic mass is 10.1. The number of nitrogens with zero attached hydrogens (tertiary/aromatic N) is 2. The van der Waals surface area contributed by atoms with Crippen molar-refractivity contribution in [2.24, 2.45) is 0 Å². The molecule has 1 unspecified atom stereocenters. The molecule has 3 rings (SSSR count). The van der Waals surface area contributed by atoms with E-state index < -0.39 is 0 Å². The van der Waals surface area contributed by atoms with Crippen LogP contribution in [0.3, 0.4) is 0 Å². The Morgan fingerprint density at radius 3 is 2.71 bits per heavy atom. The molecule has 0 fully saturated rings. The van der Waals surface area contributed by atoms with Crippen LogP contribution in [0, 0.1) is 19.7 Å². The van der Waals surface area contributed by atoms with Crippen molar-refractivity contribution in [3.8, 4) is 0 Å². The van der Waals surface area contributed by atoms with Crippen LogP contribution in [0.25, 0.3) is 10.2 Å². The Hall–Kier alpha value is -2.12. The van der Waals surface area contributed by atoms with E-state index in [2.05, 4.69) is 20.3 Å². The van der Waals surface area contributed by atoms with E-state index in [0.717, 1.165) is 20.8 Å². The number of aromatic amines is 1. The van der Waals surface area contributed by atoms with E-state index in [1.807, 2.05) is 27.7 Å². The van der Waals surface area contributed by atoms with Crippen LogP contribution in [0.1, 0.15) is 47.8 Å². The SMILES string of the molecule is Cc1sc2nc(C(C)N[C@@H](C)c3cncc(F)c3)[nH]c(=O)c2c1C. The van der Waals surface area contributed by atoms with E-state index in [-0.39, 0.29) is 23.5 Å². The van der Waals surface area contributed by atoms with Gasteiger partial charge in [0.25, 0.3) is 5.56 Å². The number of hydrogen-bond acceptors (Lipinski definition) is 5. The van der Waals surface area contributed by atoms with Crippen molar-refractivity contribution >= 4 is 21.6 Å². The maximum atomic E-state index is 13.3. The van der Waals surface area contributed by atoms with Gasteiger partial charge in [-0.25, -0.2) is 9.37 Å². The van der Waals surface area contributed by atoms with Crippen molar-refractivity contribution in [1.82, 2.24) is 20.3 Å². The van der Waals surface area contributed by atoms with E-state index in [9.17, 15) is 9.18 Å². The lowest BCUT2D eigenvalue weighted by molar-refractivity contribution is 0.473. The van der Waals surface area contributed by atoms with Crippen molar-refractivity contribution < 1.29 is 4.39 Å². The van der Waals surface area contributed by atoms with Crippen LogP contribution in [0.2, 0.25) is 0 Å². The Kier molecular flexibility index (Phi) is 4.47. The standard InChI is InChI=1S/C17H19FN4OS/c1-8-11(4)24-17-14(8)16(23)21-15(22-17)10(3)20-9(2)12-5-13(18)7-19-6-12/h5-7,9-10,20H,1-4H3,(H,21,22,23)/t9-,10?/m0/s1. The van der Waals surface area contributed by atoms with Crippen molar-refractivity contribution in [2.45, 2.75) is 39.8 Å². The molecule has 3 heterocycles. The molecule has 0 saturated heterocycles. The Labute approximate surface area is 143 Å². The summed E-state index contributed by atoms with van der Waals surface area (Å²) in [5, 5.41) is 3.98. The summed E-state index contributed by atoms with van der Waals surface area (Å²) >= 11 is 1.52. The van der Waals surface area contributed by atoms with Gasteiger partial charge < -0.3 is 10.3 Å². The van der Waals surface area contributed by atoms with Crippen molar-refractivity contribution in [3.63, 3.8) is 0 Å². The minimum atomic E-state index is -0.369. The first-order valence-electron chi connectivity index (χ1n) is 7.73. The molecule has 126 valence electrons. The smallest absolute Gasteiger partial charge is 0.259 e. The lowest BCUT2D eigenvalue weighted by Crippen LogP contribution is -2.26. The van der Waals surface area contributed by atoms with Crippen LogP contribution in [0.15, 0.2) is 23.3 Å². The Bertz CT molecular complexity index is 949. The van der Waals surface area contributed by atoms with E-state index in [1.165, 1.54) is 23.6 Å². The highest BCUT2D eigenvalue weighted by Crippen LogP contribution is 2.26. The number of pyridine rings is 1. The molecule has 0 radical (unpaired) electrons. The number of fused-ring (bicyclic) bond motifs is 1. The van der Waals surface area contributed by atoms with Gasteiger partial charge in [0.2, 0.25) is 0 Å². The van der Waals surface area contributed by atoms with Gasteiger partial charge in [0.05, 0.1) is 17.6 Å². The van der Waals surface area contributed by atoms with Crippen LogP contribution < -0.4 is 10.9 Å². The highest BCUT2D eigenvalue weighted by atomic mass is 32.1. The zero-order chi connectivity index (χ0) is 17.4. The molecule has 24 heavy (non-hydrogen) atoms. The molecule has 0 bridgehead atoms. The average molecular weight is 346 g/mol. The number of halogens is 1. The highest BCUT2D eigenvalue weighted by Gasteiger charge is 2.17. The number of rotatable bonds is 4. The minimum absolute atomic E-state index is 0.120. The number of H-pyrrole nitrogens is 1. The number of thiophene rings is 1. The van der Waals surface area contributed by atoms with Gasteiger partial charge in [-0.3, -0.25) is 9.78 Å². The summed E-state index contributed by atoms with van der Waals surface area (Å²) in [6.07, 6.45) is 2.80. The molecule has 0 amide bonds. The molecule has 3 aromatic heterocycles. The van der Waals surface area contributed by atoms with Gasteiger partial charge in [-0.2, -0.15) is 0 Å². The molecule has 2 atom stereocenters. The molecule has 0 aliphatic rings. The number of aryl methyl sites for hydroxylation is 2. The second-order valence-corrected chi connectivity index (χ2v) is 7.16. The Balaban J connectivity index is 1.88. The van der Waals surface area contributed by atoms with Crippen molar-refractivity contribution in [1.29, 1.82) is 0 Å². The molecule has 0 aliphatic carbocycles. The van der Waals surface area contributed by atoms with Crippen LogP contribution >= 0.6 is 11.3 Å². The molecule has 0 spiro atoms. The number of nitrogens with one attached hydrogen (secondary N) is 2. The third kappa shape index (κ3) is 3.09. The summed E-state index contributed by atoms with van der Waals surface area (Å²) in [6.45, 7) is 7.76. The minimum Gasteiger partial charge on any atom is -0.309 e. The van der Waals surface area contributed by atoms with Crippen molar-refractivity contribution in [2.75, 3.05) is 0 Å². The van der Waals surface area contributed by atoms with Gasteiger partial charge in [-0.15, -0.1) is 11.3 Å². The number of aromatic nitrogens is 3. The summed E-state index contributed by atoms with van der Waals surface area (Å²) in [7, 11) is 0. The van der Waals surface area contributed by atoms with E-state index >= 15 is 0 Å². The van der Waals surface area contributed by atoms with Crippen molar-refractivity contribution in [3.05, 3.63) is 56.5 Å². The fourth-order valence-corrected chi connectivity index (χ4v) is 3.73. The van der Waals surface area contributed by atoms with Crippen LogP contribution in [0.4, 0.5) is 4.39 Å². The first-order chi connectivity index (χ1) is 11.4. The number of hydrogen-bond donors (Lipinski definition) is 2. The molecule has 2 N–H and O–H groups in total. The molecule has 5 nitrogen and oxygen atoms in total. The zero-order valence-electron chi connectivity index (χ0n) is 14.0. The summed E-state index contributed by atoms with van der Waals surface area (Å²) in [6, 6.07) is 1.13. The topological polar surface area (TPSA) is 70.7 Å². The van der Waals surface area contributed by atoms with Gasteiger partial charge in [0, 0.05) is 17.1 Å². The normalized spacial score (nSPS) is 14.0. The zero-order valence-corrected chi connectivity index (χ0v) is 14.8. The highest BCUT2D eigenvalue weighted by molar-refractivity contribution is 7.18. The molecule has 0 saturated carbocycles. The monoisotopic (exact) mass is 346 g/mol. The third-order valence-corrected chi connectivity index (χ3v) is 5.29. The molecule has 3 aromatic rings. The lowest BCUT2D eigenvalue weighted by Gasteiger charge is -2.19. The largest absolute Gasteiger partial charge is 0.309 e. The fourth-order valence-electron chi connectivity index (χ4n) is 2.69. The predicted molar refractivity (Wildman–Crippen MR) is 93.9 cm³/mol. The maximum absolute atomic E-state index is 13.3. The summed E-state index contributed by atoms with van der Waals surface area (Å²) < 4.78 is 13.3. The maximum Gasteiger partial charge on any atom is 0.259 e. The van der Waals surface area contributed by atoms with E-state index in [0.29, 0.717) is 11.2 Å². The van der Waals surface area contributed by atoms with E-state index in [4.69, 9.17) is 0 Å². The summed E-state index contributed by atoms with van der Waals surface area (Å²) in [4.78, 5) is 25.5. The molecular weight excluding hydrogens is 327 g/mol. The van der Waals surface area contributed by atoms with Gasteiger partial charge in [0.15, 0.2) is 0 Å².